The second-order valence-corrected chi connectivity index (χ2v) is 38.1. The van der Waals surface area contributed by atoms with E-state index in [1.807, 2.05) is 0 Å². The van der Waals surface area contributed by atoms with Gasteiger partial charge in [0.05, 0.1) is 49.7 Å². The van der Waals surface area contributed by atoms with Crippen molar-refractivity contribution in [2.45, 2.75) is 0 Å². The first-order valence-electron chi connectivity index (χ1n) is 49.7. The molecule has 31 rings (SSSR count). The number of rotatable bonds is 10. The Kier molecular flexibility index (Phi) is 19.0. The van der Waals surface area contributed by atoms with E-state index in [9.17, 15) is 0 Å². The molecule has 31 aromatic rings. The zero-order valence-electron chi connectivity index (χ0n) is 78.5. The summed E-state index contributed by atoms with van der Waals surface area (Å²) in [6, 6.07) is 188. The Balaban J connectivity index is 0.000000103. The summed E-state index contributed by atoms with van der Waals surface area (Å²) < 4.78 is 14.3. The Hall–Kier alpha value is -19.1. The molecule has 0 bridgehead atoms. The highest BCUT2D eigenvalue weighted by molar-refractivity contribution is 6.30. The number of fused-ring (bicyclic) bond motifs is 33. The molecule has 670 valence electrons. The fourth-order valence-electron chi connectivity index (χ4n) is 23.8. The third-order valence-electron chi connectivity index (χ3n) is 30.3. The second kappa shape index (κ2) is 33.3. The van der Waals surface area contributed by atoms with Gasteiger partial charge in [0, 0.05) is 101 Å². The van der Waals surface area contributed by atoms with Crippen molar-refractivity contribution in [2.24, 2.45) is 0 Å². The van der Waals surface area contributed by atoms with Crippen LogP contribution in [0.25, 0.3) is 274 Å². The lowest BCUT2D eigenvalue weighted by atomic mass is 9.90. The molecule has 0 saturated carbocycles. The zero-order chi connectivity index (χ0) is 94.6. The van der Waals surface area contributed by atoms with Crippen molar-refractivity contribution in [3.63, 3.8) is 0 Å². The number of para-hydroxylation sites is 6. The minimum Gasteiger partial charge on any atom is -0.315 e. The van der Waals surface area contributed by atoms with Crippen LogP contribution in [-0.4, -0.2) is 27.4 Å². The molecule has 0 aliphatic heterocycles. The molecule has 6 heterocycles. The third-order valence-corrected chi connectivity index (χ3v) is 30.3. The number of hydrogen-bond acceptors (Lipinski definition) is 0. The molecule has 6 nitrogen and oxygen atoms in total. The Morgan fingerprint density at radius 2 is 0.312 bits per heavy atom. The molecule has 25 aromatic carbocycles. The highest BCUT2D eigenvalue weighted by Gasteiger charge is 2.25. The van der Waals surface area contributed by atoms with Crippen LogP contribution in [0.15, 0.2) is 534 Å². The lowest BCUT2D eigenvalue weighted by Gasteiger charge is -2.14. The Bertz CT molecular complexity index is 10600. The number of nitrogens with zero attached hydrogens (tertiary/aromatic N) is 6. The second-order valence-electron chi connectivity index (χ2n) is 38.1. The maximum Gasteiger partial charge on any atom is 0.0788 e. The van der Waals surface area contributed by atoms with Crippen LogP contribution in [0.5, 0.6) is 0 Å². The zero-order valence-corrected chi connectivity index (χ0v) is 78.5. The summed E-state index contributed by atoms with van der Waals surface area (Å²) in [6.07, 6.45) is 6.58. The molecule has 0 fully saturated rings. The van der Waals surface area contributed by atoms with E-state index in [0.29, 0.717) is 0 Å². The minimum absolute atomic E-state index is 1.15. The SMILES string of the molecule is c1ccc(-c2ccc3c4ccc(-c5ccc(-n6c7ccccc7c7ccc8ccn(-c9ccccc9)c8c76)cc5)cc4c4ccccc4c3c2)cc1.c1ccc(-n2ccc3ccc4c5ccccc5n(-c5ccc(-c6ccc7c8ccccc8c8ccccc8c7c6)cc5)c4c32)cc1.c1ccc(-n2ccc3ccc4c5ccccc5n(-c5cccc(-c6ccc7c8ccccc8c8ccccc8c7c6)c5)c4c32)cc1. The van der Waals surface area contributed by atoms with Crippen LogP contribution in [0.3, 0.4) is 0 Å². The van der Waals surface area contributed by atoms with Gasteiger partial charge in [-0.2, -0.15) is 0 Å². The molecule has 6 aromatic heterocycles. The van der Waals surface area contributed by atoms with Gasteiger partial charge in [0.1, 0.15) is 0 Å². The minimum atomic E-state index is 1.15. The third kappa shape index (κ3) is 13.1. The first-order valence-corrected chi connectivity index (χ1v) is 49.7. The monoisotopic (exact) mass is 1830 g/mol. The Morgan fingerprint density at radius 1 is 0.104 bits per heavy atom. The largest absolute Gasteiger partial charge is 0.315 e. The molecule has 0 spiro atoms. The molecular weight excluding hydrogens is 1740 g/mol. The van der Waals surface area contributed by atoms with Crippen LogP contribution >= 0.6 is 0 Å². The van der Waals surface area contributed by atoms with Crippen LogP contribution in [-0.2, 0) is 0 Å². The van der Waals surface area contributed by atoms with Crippen LogP contribution in [0.4, 0.5) is 0 Å². The quantitative estimate of drug-likeness (QED) is 0.122. The smallest absolute Gasteiger partial charge is 0.0788 e. The van der Waals surface area contributed by atoms with Crippen molar-refractivity contribution in [1.82, 2.24) is 27.4 Å². The highest BCUT2D eigenvalue weighted by atomic mass is 15.1. The predicted octanol–water partition coefficient (Wildman–Crippen LogP) is 37.2. The summed E-state index contributed by atoms with van der Waals surface area (Å²) in [5.41, 5.74) is 27.6. The van der Waals surface area contributed by atoms with Crippen LogP contribution < -0.4 is 0 Å². The molecule has 6 heteroatoms. The van der Waals surface area contributed by atoms with Gasteiger partial charge in [0.25, 0.3) is 0 Å². The van der Waals surface area contributed by atoms with Gasteiger partial charge in [0.2, 0.25) is 0 Å². The molecule has 0 saturated heterocycles. The van der Waals surface area contributed by atoms with E-state index in [1.54, 1.807) is 0 Å². The van der Waals surface area contributed by atoms with E-state index in [1.165, 1.54) is 240 Å². The summed E-state index contributed by atoms with van der Waals surface area (Å²) in [6.45, 7) is 0. The van der Waals surface area contributed by atoms with Gasteiger partial charge >= 0.3 is 0 Å². The normalized spacial score (nSPS) is 11.9. The molecule has 0 aliphatic rings. The van der Waals surface area contributed by atoms with E-state index >= 15 is 0 Å². The molecule has 0 unspecified atom stereocenters. The fraction of sp³-hybridized carbons (Fsp3) is 0. The van der Waals surface area contributed by atoms with Crippen LogP contribution in [0.2, 0.25) is 0 Å². The highest BCUT2D eigenvalue weighted by Crippen LogP contribution is 2.48. The molecule has 0 radical (unpaired) electrons. The van der Waals surface area contributed by atoms with Gasteiger partial charge in [-0.25, -0.2) is 0 Å². The van der Waals surface area contributed by atoms with Crippen molar-refractivity contribution in [2.75, 3.05) is 0 Å². The van der Waals surface area contributed by atoms with E-state index in [0.717, 1.165) is 34.1 Å². The summed E-state index contributed by atoms with van der Waals surface area (Å²) in [5, 5.41) is 34.5. The van der Waals surface area contributed by atoms with E-state index in [-0.39, 0.29) is 0 Å². The van der Waals surface area contributed by atoms with Gasteiger partial charge in [-0.15, -0.1) is 0 Å². The Morgan fingerprint density at radius 3 is 0.618 bits per heavy atom. The topological polar surface area (TPSA) is 29.6 Å². The average Bonchev–Trinajstić information content (AvgIpc) is 1.54. The summed E-state index contributed by atoms with van der Waals surface area (Å²) in [4.78, 5) is 0. The summed E-state index contributed by atoms with van der Waals surface area (Å²) >= 11 is 0. The van der Waals surface area contributed by atoms with Crippen LogP contribution in [0, 0.1) is 0 Å². The van der Waals surface area contributed by atoms with E-state index in [2.05, 4.69) is 562 Å². The summed E-state index contributed by atoms with van der Waals surface area (Å²) in [5.74, 6) is 0. The number of hydrogen-bond donors (Lipinski definition) is 0. The molecule has 0 N–H and O–H groups in total. The summed E-state index contributed by atoms with van der Waals surface area (Å²) in [7, 11) is 0. The van der Waals surface area contributed by atoms with Gasteiger partial charge in [-0.3, -0.25) is 0 Å². The van der Waals surface area contributed by atoms with Crippen molar-refractivity contribution in [3.05, 3.63) is 534 Å². The van der Waals surface area contributed by atoms with Gasteiger partial charge in [-0.1, -0.05) is 382 Å². The molecule has 0 aliphatic carbocycles. The van der Waals surface area contributed by atoms with Crippen molar-refractivity contribution in [3.8, 4) is 78.6 Å². The van der Waals surface area contributed by atoms with Crippen LogP contribution in [0.1, 0.15) is 0 Å². The lowest BCUT2D eigenvalue weighted by molar-refractivity contribution is 1.12. The van der Waals surface area contributed by atoms with E-state index in [4.69, 9.17) is 0 Å². The molecule has 0 amide bonds. The molecule has 0 atom stereocenters. The molecular formula is C138H88N6. The maximum absolute atomic E-state index is 2.46. The lowest BCUT2D eigenvalue weighted by Crippen LogP contribution is -1.98. The Labute approximate surface area is 829 Å². The number of aromatic nitrogens is 6. The maximum atomic E-state index is 2.46. The fourth-order valence-corrected chi connectivity index (χ4v) is 23.8. The number of benzene rings is 25. The van der Waals surface area contributed by atoms with Crippen molar-refractivity contribution < 1.29 is 0 Å². The first-order chi connectivity index (χ1) is 71.5. The van der Waals surface area contributed by atoms with Gasteiger partial charge in [-0.05, 0) is 275 Å². The average molecular weight is 1830 g/mol. The predicted molar refractivity (Wildman–Crippen MR) is 612 cm³/mol. The standard InChI is InChI=1S/C50H32N2.2C44H28N2/c1-3-11-33(12-4-1)36-22-26-42-43-27-23-37(32-47(43)41-16-8-7-15-40(41)46(42)31-36)34-19-24-39(25-20-34)52-48-18-10-9-17-44(48)45-28-21-35-29-30-51(49(35)50(45)52)38-13-5-2-6-14-38;1-2-12-32(13-3-1)45-26-25-29-21-24-40-39-19-8-9-20-42(39)46(44(40)43(29)45)33-14-10-11-30(27-33)31-22-23-38-36-17-5-4-15-34(36)35-16-6-7-18-37(35)41(38)28-31;1-2-10-32(11-3-1)45-27-26-30-20-25-40-39-16-8-9-17-42(39)46(44(40)43(30)45)33-22-18-29(19-23-33)31-21-24-38-36-14-5-4-12-34(36)35-13-6-7-15-37(35)41(38)28-31/h1-32H;2*1-28H. The van der Waals surface area contributed by atoms with Crippen molar-refractivity contribution in [1.29, 1.82) is 0 Å². The van der Waals surface area contributed by atoms with E-state index < -0.39 is 0 Å². The van der Waals surface area contributed by atoms with Gasteiger partial charge < -0.3 is 27.4 Å². The first kappa shape index (κ1) is 82.0. The van der Waals surface area contributed by atoms with Gasteiger partial charge in [0.15, 0.2) is 0 Å². The molecule has 144 heavy (non-hydrogen) atoms. The van der Waals surface area contributed by atoms with Crippen molar-refractivity contribution >= 4 is 195 Å².